The number of aromatic amines is 2. The van der Waals surface area contributed by atoms with Gasteiger partial charge in [0.1, 0.15) is 23.7 Å². The Balaban J connectivity index is 0.994. The van der Waals surface area contributed by atoms with E-state index in [0.29, 0.717) is 24.9 Å². The number of fused-ring (bicyclic) bond motifs is 2. The number of H-pyrrole nitrogens is 2. The van der Waals surface area contributed by atoms with Crippen LogP contribution >= 0.6 is 0 Å². The van der Waals surface area contributed by atoms with Crippen LogP contribution in [0, 0.1) is 23.7 Å². The van der Waals surface area contributed by atoms with E-state index in [0.717, 1.165) is 83.0 Å². The zero-order valence-corrected chi connectivity index (χ0v) is 39.0. The molecule has 2 saturated heterocycles. The van der Waals surface area contributed by atoms with Crippen LogP contribution in [-0.4, -0.2) is 93.1 Å². The first kappa shape index (κ1) is 45.9. The van der Waals surface area contributed by atoms with Gasteiger partial charge in [0.2, 0.25) is 11.8 Å². The molecule has 4 aliphatic rings. The fourth-order valence-corrected chi connectivity index (χ4v) is 10.3. The second-order valence-electron chi connectivity index (χ2n) is 18.5. The predicted molar refractivity (Wildman–Crippen MR) is 254 cm³/mol. The molecule has 2 unspecified atom stereocenters. The summed E-state index contributed by atoms with van der Waals surface area (Å²) in [6.45, 7) is 15.4. The number of likely N-dealkylation sites (tertiary alicyclic amines) is 2. The van der Waals surface area contributed by atoms with Crippen molar-refractivity contribution < 1.29 is 28.7 Å². The van der Waals surface area contributed by atoms with Crippen LogP contribution in [0.3, 0.4) is 0 Å². The molecule has 4 heterocycles. The molecule has 2 bridgehead atoms. The van der Waals surface area contributed by atoms with E-state index in [1.54, 1.807) is 0 Å². The Labute approximate surface area is 387 Å². The molecule has 6 atom stereocenters. The minimum atomic E-state index is -0.694. The Bertz CT molecular complexity index is 2570. The first-order valence-corrected chi connectivity index (χ1v) is 23.2. The number of rotatable bonds is 13. The molecule has 14 nitrogen and oxygen atoms in total. The number of amides is 4. The van der Waals surface area contributed by atoms with Gasteiger partial charge in [-0.1, -0.05) is 101 Å². The molecule has 3 fully saturated rings. The molecule has 2 aromatic heterocycles. The molecule has 66 heavy (non-hydrogen) atoms. The van der Waals surface area contributed by atoms with Crippen molar-refractivity contribution in [2.45, 2.75) is 90.9 Å². The zero-order valence-electron chi connectivity index (χ0n) is 39.0. The third-order valence-corrected chi connectivity index (χ3v) is 13.8. The van der Waals surface area contributed by atoms with Gasteiger partial charge < -0.3 is 39.9 Å². The van der Waals surface area contributed by atoms with Gasteiger partial charge in [-0.25, -0.2) is 19.6 Å². The predicted octanol–water partition coefficient (Wildman–Crippen LogP) is 9.17. The Morgan fingerprint density at radius 1 is 0.697 bits per heavy atom. The Kier molecular flexibility index (Phi) is 13.5. The molecule has 4 aromatic rings. The number of hydrogen-bond acceptors (Lipinski definition) is 8. The number of carbonyl (C=O) groups is 4. The van der Waals surface area contributed by atoms with Crippen molar-refractivity contribution in [3.05, 3.63) is 120 Å². The fourth-order valence-electron chi connectivity index (χ4n) is 10.3. The number of benzene rings is 2. The average Bonchev–Trinajstić information content (AvgIpc) is 4.19. The monoisotopic (exact) mass is 894 g/mol. The van der Waals surface area contributed by atoms with Crippen molar-refractivity contribution in [1.29, 1.82) is 0 Å². The van der Waals surface area contributed by atoms with Crippen LogP contribution in [0.5, 0.6) is 0 Å². The van der Waals surface area contributed by atoms with Gasteiger partial charge in [0.05, 0.1) is 50.1 Å². The normalized spacial score (nSPS) is 22.4. The van der Waals surface area contributed by atoms with Gasteiger partial charge in [-0.05, 0) is 95.4 Å². The third-order valence-electron chi connectivity index (χ3n) is 13.8. The summed E-state index contributed by atoms with van der Waals surface area (Å²) >= 11 is 0. The minimum Gasteiger partial charge on any atom is -0.453 e. The highest BCUT2D eigenvalue weighted by atomic mass is 16.5. The maximum atomic E-state index is 13.7. The molecule has 2 aliphatic carbocycles. The lowest BCUT2D eigenvalue weighted by atomic mass is 9.83. The standard InChI is InChI=1S/C52H62N8O6/c1-9-38(33-16-20-35(21-17-33)40-28-54-48(56-40)42-13-11-25-60(42)50(62)46(30(4)5)58-52(64)66-8)44-37-23-22-36(26-37)43(44)31(6)32-14-18-34(19-15-32)39-27-53-47(55-39)41-12-10-24-59(41)49(61)45(29(2)3)57-51(63)65-7/h9,14-23,27-30,36-37,41-42,45-46H,1,10-13,24-26H2,2-8H3,(H,53,55)(H,54,56)(H,57,63)(H,58,64)/b43-31+,44-38+/t36?,37?,41-,42-,45-,46-/m0/s1. The second-order valence-corrected chi connectivity index (χ2v) is 18.5. The van der Waals surface area contributed by atoms with Gasteiger partial charge in [0.15, 0.2) is 0 Å². The molecule has 4 amide bonds. The molecule has 8 rings (SSSR count). The number of hydrogen-bond donors (Lipinski definition) is 4. The summed E-state index contributed by atoms with van der Waals surface area (Å²) in [6.07, 6.45) is 13.4. The van der Waals surface area contributed by atoms with Crippen molar-refractivity contribution in [2.75, 3.05) is 27.3 Å². The SMILES string of the molecule is C=C/C(=C1\C(=C(/C)c2ccc(-c3cnc([C@@H]4CCCN4C(=O)[C@@H](NC(=O)OC)C(C)C)[nH]3)cc2)C2C=CC1C2)c1ccc(-c2cnc([C@@H]3CCCN3C(=O)[C@@H](NC(=O)OC)C(C)C)[nH]2)cc1. The van der Waals surface area contributed by atoms with Crippen LogP contribution < -0.4 is 10.6 Å². The van der Waals surface area contributed by atoms with Gasteiger partial charge in [-0.3, -0.25) is 9.59 Å². The molecule has 0 radical (unpaired) electrons. The maximum Gasteiger partial charge on any atom is 0.407 e. The maximum absolute atomic E-state index is 13.7. The second kappa shape index (κ2) is 19.4. The third kappa shape index (κ3) is 8.97. The lowest BCUT2D eigenvalue weighted by Gasteiger charge is -2.30. The molecule has 0 spiro atoms. The van der Waals surface area contributed by atoms with Gasteiger partial charge in [-0.2, -0.15) is 0 Å². The summed E-state index contributed by atoms with van der Waals surface area (Å²) in [5, 5.41) is 5.44. The number of methoxy groups -OCH3 is 2. The van der Waals surface area contributed by atoms with E-state index in [-0.39, 0.29) is 35.7 Å². The van der Waals surface area contributed by atoms with Crippen molar-refractivity contribution in [3.8, 4) is 22.5 Å². The average molecular weight is 895 g/mol. The number of imidazole rings is 2. The Morgan fingerprint density at radius 3 is 1.56 bits per heavy atom. The number of nitrogens with one attached hydrogen (secondary N) is 4. The van der Waals surface area contributed by atoms with E-state index in [2.05, 4.69) is 94.8 Å². The molecule has 346 valence electrons. The van der Waals surface area contributed by atoms with E-state index in [9.17, 15) is 19.2 Å². The van der Waals surface area contributed by atoms with Crippen molar-refractivity contribution >= 4 is 35.1 Å². The number of allylic oxidation sites excluding steroid dienone is 7. The summed E-state index contributed by atoms with van der Waals surface area (Å²) in [4.78, 5) is 71.6. The van der Waals surface area contributed by atoms with Crippen LogP contribution in [0.25, 0.3) is 33.7 Å². The highest BCUT2D eigenvalue weighted by molar-refractivity contribution is 5.89. The van der Waals surface area contributed by atoms with Gasteiger partial charge in [0.25, 0.3) is 0 Å². The van der Waals surface area contributed by atoms with E-state index in [4.69, 9.17) is 19.4 Å². The van der Waals surface area contributed by atoms with Gasteiger partial charge >= 0.3 is 12.2 Å². The van der Waals surface area contributed by atoms with E-state index < -0.39 is 24.3 Å². The summed E-state index contributed by atoms with van der Waals surface area (Å²) in [5.74, 6) is 1.59. The van der Waals surface area contributed by atoms with Crippen molar-refractivity contribution in [2.24, 2.45) is 23.7 Å². The number of aromatic nitrogens is 4. The molecule has 1 saturated carbocycles. The van der Waals surface area contributed by atoms with Crippen LogP contribution in [0.1, 0.15) is 102 Å². The van der Waals surface area contributed by atoms with Crippen LogP contribution in [0.2, 0.25) is 0 Å². The number of nitrogens with zero attached hydrogens (tertiary/aromatic N) is 4. The Hall–Kier alpha value is -6.70. The lowest BCUT2D eigenvalue weighted by Crippen LogP contribution is -2.51. The van der Waals surface area contributed by atoms with Crippen LogP contribution in [-0.2, 0) is 19.1 Å². The van der Waals surface area contributed by atoms with Gasteiger partial charge in [-0.15, -0.1) is 0 Å². The minimum absolute atomic E-state index is 0.109. The Morgan fingerprint density at radius 2 is 1.14 bits per heavy atom. The van der Waals surface area contributed by atoms with Crippen LogP contribution in [0.15, 0.2) is 96.9 Å². The quantitative estimate of drug-likeness (QED) is 0.0962. The summed E-state index contributed by atoms with van der Waals surface area (Å²) in [7, 11) is 2.59. The largest absolute Gasteiger partial charge is 0.453 e. The fraction of sp³-hybridized carbons (Fsp3) is 0.423. The van der Waals surface area contributed by atoms with Crippen LogP contribution in [0.4, 0.5) is 9.59 Å². The van der Waals surface area contributed by atoms with Gasteiger partial charge in [0, 0.05) is 24.9 Å². The molecule has 4 N–H and O–H groups in total. The lowest BCUT2D eigenvalue weighted by molar-refractivity contribution is -0.136. The number of alkyl carbamates (subject to hydrolysis) is 2. The summed E-state index contributed by atoms with van der Waals surface area (Å²) in [5.41, 5.74) is 11.0. The first-order valence-electron chi connectivity index (χ1n) is 23.2. The summed E-state index contributed by atoms with van der Waals surface area (Å²) in [6, 6.07) is 15.3. The smallest absolute Gasteiger partial charge is 0.407 e. The first-order chi connectivity index (χ1) is 31.8. The van der Waals surface area contributed by atoms with E-state index in [1.807, 2.05) is 56.0 Å². The van der Waals surface area contributed by atoms with Crippen molar-refractivity contribution in [3.63, 3.8) is 0 Å². The molecule has 14 heteroatoms. The topological polar surface area (TPSA) is 175 Å². The highest BCUT2D eigenvalue weighted by Gasteiger charge is 2.40. The highest BCUT2D eigenvalue weighted by Crippen LogP contribution is 2.53. The van der Waals surface area contributed by atoms with E-state index in [1.165, 1.54) is 30.9 Å². The molecule has 2 aromatic carbocycles. The molecule has 2 aliphatic heterocycles. The number of carbonyl (C=O) groups excluding carboxylic acids is 4. The molecular formula is C52H62N8O6. The molecular weight excluding hydrogens is 833 g/mol. The number of ether oxygens (including phenoxy) is 2. The van der Waals surface area contributed by atoms with Crippen molar-refractivity contribution in [1.82, 2.24) is 40.4 Å². The van der Waals surface area contributed by atoms with E-state index >= 15 is 0 Å². The zero-order chi connectivity index (χ0) is 46.8. The summed E-state index contributed by atoms with van der Waals surface area (Å²) < 4.78 is 9.59.